The summed E-state index contributed by atoms with van der Waals surface area (Å²) in [5.41, 5.74) is 9.17. The van der Waals surface area contributed by atoms with E-state index in [1.807, 2.05) is 0 Å². The van der Waals surface area contributed by atoms with Gasteiger partial charge in [-0.05, 0) is 76.9 Å². The summed E-state index contributed by atoms with van der Waals surface area (Å²) in [6.45, 7) is -0.0477. The fraction of sp³-hybridized carbons (Fsp3) is 0.115. The molecule has 0 fully saturated rings. The smallest absolute Gasteiger partial charge is 0.243 e. The number of sulfonamides is 1. The predicted octanol–water partition coefficient (Wildman–Crippen LogP) is 4.53. The SMILES string of the molecule is Cl.NC1=NC(c2ccc(F)cc2)C2=C(N1)/C(=C/c1ccc(F)cc1)CN(S(=O)(=O)c1ccc(F)cc1)C2. The Kier molecular flexibility index (Phi) is 7.44. The lowest BCUT2D eigenvalue weighted by Gasteiger charge is -2.37. The maximum absolute atomic E-state index is 13.6. The Labute approximate surface area is 218 Å². The molecule has 1 atom stereocenters. The van der Waals surface area contributed by atoms with Crippen LogP contribution in [0.25, 0.3) is 6.08 Å². The van der Waals surface area contributed by atoms with Crippen molar-refractivity contribution >= 4 is 34.5 Å². The van der Waals surface area contributed by atoms with E-state index in [0.29, 0.717) is 28.0 Å². The molecule has 3 aromatic carbocycles. The minimum Gasteiger partial charge on any atom is -0.370 e. The Morgan fingerprint density at radius 3 is 2.00 bits per heavy atom. The molecule has 6 nitrogen and oxygen atoms in total. The lowest BCUT2D eigenvalue weighted by atomic mass is 9.90. The van der Waals surface area contributed by atoms with Gasteiger partial charge in [-0.2, -0.15) is 4.31 Å². The lowest BCUT2D eigenvalue weighted by molar-refractivity contribution is 0.436. The summed E-state index contributed by atoms with van der Waals surface area (Å²) in [6, 6.07) is 15.5. The Balaban J connectivity index is 0.00000320. The second-order valence-corrected chi connectivity index (χ2v) is 10.4. The third-order valence-corrected chi connectivity index (χ3v) is 7.84. The van der Waals surface area contributed by atoms with Crippen LogP contribution < -0.4 is 11.1 Å². The quantitative estimate of drug-likeness (QED) is 0.503. The number of benzene rings is 3. The Bertz CT molecular complexity index is 1500. The third kappa shape index (κ3) is 5.41. The van der Waals surface area contributed by atoms with Crippen LogP contribution in [0.1, 0.15) is 17.2 Å². The minimum absolute atomic E-state index is 0. The van der Waals surface area contributed by atoms with Gasteiger partial charge >= 0.3 is 0 Å². The molecule has 3 aromatic rings. The predicted molar refractivity (Wildman–Crippen MR) is 138 cm³/mol. The summed E-state index contributed by atoms with van der Waals surface area (Å²) in [4.78, 5) is 4.42. The zero-order valence-electron chi connectivity index (χ0n) is 19.2. The van der Waals surface area contributed by atoms with Crippen LogP contribution >= 0.6 is 12.4 Å². The summed E-state index contributed by atoms with van der Waals surface area (Å²) in [5, 5.41) is 3.05. The molecule has 0 saturated carbocycles. The summed E-state index contributed by atoms with van der Waals surface area (Å²) in [7, 11) is -4.02. The number of hydrogen-bond donors (Lipinski definition) is 2. The number of aliphatic imine (C=N–C) groups is 1. The number of nitrogens with one attached hydrogen (secondary N) is 1. The van der Waals surface area contributed by atoms with E-state index in [1.165, 1.54) is 40.7 Å². The van der Waals surface area contributed by atoms with Gasteiger partial charge < -0.3 is 11.1 Å². The average molecular weight is 547 g/mol. The van der Waals surface area contributed by atoms with Crippen molar-refractivity contribution in [3.63, 3.8) is 0 Å². The van der Waals surface area contributed by atoms with E-state index in [4.69, 9.17) is 5.73 Å². The van der Waals surface area contributed by atoms with Gasteiger partial charge in [0.1, 0.15) is 23.5 Å². The summed E-state index contributed by atoms with van der Waals surface area (Å²) >= 11 is 0. The Hall–Kier alpha value is -3.60. The molecule has 0 amide bonds. The number of nitrogens with two attached hydrogens (primary N) is 1. The van der Waals surface area contributed by atoms with Crippen molar-refractivity contribution in [2.75, 3.05) is 13.1 Å². The topological polar surface area (TPSA) is 87.8 Å². The van der Waals surface area contributed by atoms with Gasteiger partial charge in [0.15, 0.2) is 5.96 Å². The minimum atomic E-state index is -4.02. The molecular formula is C26H22ClF3N4O2S. The normalized spacial score (nSPS) is 19.1. The van der Waals surface area contributed by atoms with Crippen LogP contribution in [0.4, 0.5) is 13.2 Å². The first-order chi connectivity index (χ1) is 17.2. The standard InChI is InChI=1S/C26H21F3N4O2S.ClH/c27-19-5-1-16(2-6-19)13-18-14-33(36(34,35)22-11-9-21(29)10-12-22)15-23-24(31-26(30)32-25(18)23)17-3-7-20(28)8-4-17;/h1-13,24H,14-15H2,(H3,30,31,32);1H/b18-13+;. The van der Waals surface area contributed by atoms with Crippen molar-refractivity contribution < 1.29 is 21.6 Å². The summed E-state index contributed by atoms with van der Waals surface area (Å²) in [6.07, 6.45) is 1.74. The number of guanidine groups is 1. The Morgan fingerprint density at radius 2 is 1.41 bits per heavy atom. The molecule has 37 heavy (non-hydrogen) atoms. The highest BCUT2D eigenvalue weighted by molar-refractivity contribution is 7.89. The molecule has 3 N–H and O–H groups in total. The average Bonchev–Trinajstić information content (AvgIpc) is 2.86. The molecule has 11 heteroatoms. The van der Waals surface area contributed by atoms with E-state index < -0.39 is 33.5 Å². The molecule has 0 aromatic heterocycles. The molecule has 0 spiro atoms. The number of hydrogen-bond acceptors (Lipinski definition) is 5. The second kappa shape index (κ2) is 10.4. The van der Waals surface area contributed by atoms with Crippen LogP contribution in [-0.4, -0.2) is 31.8 Å². The van der Waals surface area contributed by atoms with Crippen LogP contribution in [-0.2, 0) is 10.0 Å². The summed E-state index contributed by atoms with van der Waals surface area (Å²) in [5.74, 6) is -1.24. The van der Waals surface area contributed by atoms with Crippen molar-refractivity contribution in [3.8, 4) is 0 Å². The highest BCUT2D eigenvalue weighted by Crippen LogP contribution is 2.38. The van der Waals surface area contributed by atoms with Crippen molar-refractivity contribution in [1.29, 1.82) is 0 Å². The zero-order chi connectivity index (χ0) is 25.4. The van der Waals surface area contributed by atoms with Crippen molar-refractivity contribution in [1.82, 2.24) is 9.62 Å². The van der Waals surface area contributed by atoms with E-state index in [9.17, 15) is 21.6 Å². The van der Waals surface area contributed by atoms with Gasteiger partial charge in [-0.25, -0.2) is 26.6 Å². The van der Waals surface area contributed by atoms with Crippen LogP contribution in [0.5, 0.6) is 0 Å². The van der Waals surface area contributed by atoms with Gasteiger partial charge in [0.2, 0.25) is 10.0 Å². The highest BCUT2D eigenvalue weighted by Gasteiger charge is 2.37. The maximum atomic E-state index is 13.6. The van der Waals surface area contributed by atoms with Gasteiger partial charge in [0, 0.05) is 18.8 Å². The van der Waals surface area contributed by atoms with Gasteiger partial charge in [0.05, 0.1) is 4.90 Å². The van der Waals surface area contributed by atoms with E-state index in [0.717, 1.165) is 12.1 Å². The van der Waals surface area contributed by atoms with Crippen molar-refractivity contribution in [2.24, 2.45) is 10.7 Å². The fourth-order valence-electron chi connectivity index (χ4n) is 4.29. The van der Waals surface area contributed by atoms with Gasteiger partial charge in [-0.3, -0.25) is 0 Å². The molecule has 0 bridgehead atoms. The first kappa shape index (κ1) is 26.5. The first-order valence-corrected chi connectivity index (χ1v) is 12.5. The van der Waals surface area contributed by atoms with Gasteiger partial charge in [0.25, 0.3) is 0 Å². The van der Waals surface area contributed by atoms with E-state index in [-0.39, 0.29) is 36.4 Å². The largest absolute Gasteiger partial charge is 0.370 e. The van der Waals surface area contributed by atoms with Crippen LogP contribution in [0, 0.1) is 17.5 Å². The van der Waals surface area contributed by atoms with Gasteiger partial charge in [-0.1, -0.05) is 24.3 Å². The maximum Gasteiger partial charge on any atom is 0.243 e. The van der Waals surface area contributed by atoms with Crippen molar-refractivity contribution in [2.45, 2.75) is 10.9 Å². The highest BCUT2D eigenvalue weighted by atomic mass is 35.5. The molecule has 0 radical (unpaired) electrons. The van der Waals surface area contributed by atoms with E-state index in [2.05, 4.69) is 10.3 Å². The van der Waals surface area contributed by atoms with Crippen LogP contribution in [0.15, 0.2) is 99.5 Å². The molecule has 0 aliphatic carbocycles. The van der Waals surface area contributed by atoms with E-state index in [1.54, 1.807) is 30.3 Å². The molecule has 5 rings (SSSR count). The fourth-order valence-corrected chi connectivity index (χ4v) is 5.68. The van der Waals surface area contributed by atoms with E-state index >= 15 is 0 Å². The zero-order valence-corrected chi connectivity index (χ0v) is 20.9. The second-order valence-electron chi connectivity index (χ2n) is 8.44. The van der Waals surface area contributed by atoms with Crippen LogP contribution in [0.2, 0.25) is 0 Å². The Morgan fingerprint density at radius 1 is 0.865 bits per heavy atom. The summed E-state index contributed by atoms with van der Waals surface area (Å²) < 4.78 is 68.9. The van der Waals surface area contributed by atoms with Gasteiger partial charge in [-0.15, -0.1) is 12.4 Å². The number of halogens is 4. The third-order valence-electron chi connectivity index (χ3n) is 6.04. The lowest BCUT2D eigenvalue weighted by Crippen LogP contribution is -2.46. The molecule has 192 valence electrons. The molecule has 2 heterocycles. The molecule has 2 aliphatic heterocycles. The number of nitrogens with zero attached hydrogens (tertiary/aromatic N) is 2. The molecule has 0 saturated heterocycles. The molecule has 2 aliphatic rings. The first-order valence-electron chi connectivity index (χ1n) is 11.0. The molecular weight excluding hydrogens is 525 g/mol. The monoisotopic (exact) mass is 546 g/mol. The van der Waals surface area contributed by atoms with Crippen LogP contribution in [0.3, 0.4) is 0 Å². The molecule has 1 unspecified atom stereocenters. The number of rotatable bonds is 4. The van der Waals surface area contributed by atoms with Crippen molar-refractivity contribution in [3.05, 3.63) is 118 Å².